The van der Waals surface area contributed by atoms with E-state index in [2.05, 4.69) is 44.6 Å². The Morgan fingerprint density at radius 2 is 2.15 bits per heavy atom. The van der Waals surface area contributed by atoms with Crippen LogP contribution in [0.25, 0.3) is 5.78 Å². The van der Waals surface area contributed by atoms with Gasteiger partial charge in [-0.05, 0) is 56.2 Å². The highest BCUT2D eigenvalue weighted by atomic mass is 16.2. The molecule has 6 heteroatoms. The number of amides is 1. The number of aromatic nitrogens is 4. The molecule has 1 aromatic carbocycles. The first kappa shape index (κ1) is 15.5. The van der Waals surface area contributed by atoms with E-state index in [1.807, 2.05) is 19.9 Å². The summed E-state index contributed by atoms with van der Waals surface area (Å²) in [4.78, 5) is 21.1. The van der Waals surface area contributed by atoms with Gasteiger partial charge in [0.05, 0.1) is 0 Å². The highest BCUT2D eigenvalue weighted by Gasteiger charge is 2.57. The van der Waals surface area contributed by atoms with Gasteiger partial charge in [0.1, 0.15) is 0 Å². The van der Waals surface area contributed by atoms with E-state index in [4.69, 9.17) is 0 Å². The molecule has 2 aromatic heterocycles. The Kier molecular flexibility index (Phi) is 3.20. The molecule has 2 atom stereocenters. The number of carbonyl (C=O) groups is 1. The van der Waals surface area contributed by atoms with Crippen LogP contribution in [0.15, 0.2) is 30.3 Å². The first-order valence-corrected chi connectivity index (χ1v) is 9.14. The lowest BCUT2D eigenvalue weighted by atomic mass is 9.95. The van der Waals surface area contributed by atoms with Crippen molar-refractivity contribution in [3.8, 4) is 0 Å². The van der Waals surface area contributed by atoms with Crippen molar-refractivity contribution in [2.75, 3.05) is 6.54 Å². The highest BCUT2D eigenvalue weighted by Crippen LogP contribution is 2.61. The van der Waals surface area contributed by atoms with Gasteiger partial charge < -0.3 is 5.32 Å². The Morgan fingerprint density at radius 3 is 3.04 bits per heavy atom. The van der Waals surface area contributed by atoms with Crippen molar-refractivity contribution in [1.82, 2.24) is 24.9 Å². The fourth-order valence-corrected chi connectivity index (χ4v) is 4.56. The molecule has 5 rings (SSSR count). The van der Waals surface area contributed by atoms with Crippen LogP contribution in [0.1, 0.15) is 46.0 Å². The maximum atomic E-state index is 12.5. The number of benzene rings is 1. The van der Waals surface area contributed by atoms with E-state index in [9.17, 15) is 4.79 Å². The molecule has 0 unspecified atom stereocenters. The maximum absolute atomic E-state index is 12.5. The Bertz CT molecular complexity index is 1040. The zero-order valence-electron chi connectivity index (χ0n) is 15.0. The summed E-state index contributed by atoms with van der Waals surface area (Å²) >= 11 is 0. The molecule has 1 spiro atoms. The number of hydrogen-bond donors (Lipinski definition) is 1. The molecule has 0 aliphatic heterocycles. The summed E-state index contributed by atoms with van der Waals surface area (Å²) in [7, 11) is 0. The van der Waals surface area contributed by atoms with Crippen LogP contribution in [-0.4, -0.2) is 32.0 Å². The number of nitrogens with zero attached hydrogens (tertiary/aromatic N) is 4. The molecule has 26 heavy (non-hydrogen) atoms. The SMILES string of the molecule is Cc1cc(C)n2nc(C(=O)NC[C@H]3C[C@@]34CCc3ccccc34)nc2n1. The molecule has 2 aliphatic rings. The molecule has 1 amide bonds. The molecular formula is C20H21N5O. The van der Waals surface area contributed by atoms with Crippen molar-refractivity contribution in [3.05, 3.63) is 58.7 Å². The van der Waals surface area contributed by atoms with Gasteiger partial charge in [0.15, 0.2) is 0 Å². The van der Waals surface area contributed by atoms with E-state index in [0.717, 1.165) is 24.2 Å². The molecule has 1 fully saturated rings. The summed E-state index contributed by atoms with van der Waals surface area (Å²) in [5.41, 5.74) is 5.03. The fourth-order valence-electron chi connectivity index (χ4n) is 4.56. The number of carbonyl (C=O) groups excluding carboxylic acids is 1. The van der Waals surface area contributed by atoms with Crippen LogP contribution in [0.4, 0.5) is 0 Å². The van der Waals surface area contributed by atoms with Gasteiger partial charge in [-0.3, -0.25) is 4.79 Å². The van der Waals surface area contributed by atoms with Gasteiger partial charge >= 0.3 is 0 Å². The number of fused-ring (bicyclic) bond motifs is 3. The number of nitrogens with one attached hydrogen (secondary N) is 1. The first-order valence-electron chi connectivity index (χ1n) is 9.14. The zero-order valence-corrected chi connectivity index (χ0v) is 15.0. The van der Waals surface area contributed by atoms with Crippen molar-refractivity contribution < 1.29 is 4.79 Å². The second kappa shape index (κ2) is 5.37. The van der Waals surface area contributed by atoms with Gasteiger partial charge in [-0.1, -0.05) is 24.3 Å². The Labute approximate surface area is 151 Å². The minimum Gasteiger partial charge on any atom is -0.349 e. The van der Waals surface area contributed by atoms with Crippen LogP contribution < -0.4 is 5.32 Å². The van der Waals surface area contributed by atoms with Gasteiger partial charge in [0.25, 0.3) is 11.7 Å². The number of hydrogen-bond acceptors (Lipinski definition) is 4. The maximum Gasteiger partial charge on any atom is 0.291 e. The average Bonchev–Trinajstić information content (AvgIpc) is 2.96. The van der Waals surface area contributed by atoms with Crippen LogP contribution >= 0.6 is 0 Å². The standard InChI is InChI=1S/C20H21N5O/c1-12-9-13(2)25-19(22-12)23-17(24-25)18(26)21-11-15-10-20(15)8-7-14-5-3-4-6-16(14)20/h3-6,9,15H,7-8,10-11H2,1-2H3,(H,21,26)/t15-,20+/m1/s1. The molecule has 6 nitrogen and oxygen atoms in total. The quantitative estimate of drug-likeness (QED) is 0.789. The molecule has 132 valence electrons. The molecule has 3 aromatic rings. The molecule has 0 radical (unpaired) electrons. The van der Waals surface area contributed by atoms with Crippen molar-refractivity contribution in [2.24, 2.45) is 5.92 Å². The normalized spacial score (nSPS) is 23.4. The number of rotatable bonds is 3. The Hall–Kier alpha value is -2.76. The van der Waals surface area contributed by atoms with E-state index in [0.29, 0.717) is 18.2 Å². The molecule has 1 N–H and O–H groups in total. The van der Waals surface area contributed by atoms with E-state index in [1.54, 1.807) is 4.52 Å². The second-order valence-electron chi connectivity index (χ2n) is 7.61. The Balaban J connectivity index is 1.30. The minimum absolute atomic E-state index is 0.188. The molecule has 1 saturated carbocycles. The van der Waals surface area contributed by atoms with Crippen molar-refractivity contribution >= 4 is 11.7 Å². The van der Waals surface area contributed by atoms with Crippen LogP contribution in [0, 0.1) is 19.8 Å². The molecule has 2 aliphatic carbocycles. The van der Waals surface area contributed by atoms with Crippen molar-refractivity contribution in [3.63, 3.8) is 0 Å². The van der Waals surface area contributed by atoms with Gasteiger partial charge in [0, 0.05) is 23.3 Å². The lowest BCUT2D eigenvalue weighted by molar-refractivity contribution is 0.0940. The van der Waals surface area contributed by atoms with E-state index in [-0.39, 0.29) is 17.1 Å². The van der Waals surface area contributed by atoms with E-state index in [1.165, 1.54) is 17.5 Å². The van der Waals surface area contributed by atoms with Gasteiger partial charge in [0.2, 0.25) is 5.82 Å². The van der Waals surface area contributed by atoms with Gasteiger partial charge in [-0.2, -0.15) is 4.98 Å². The van der Waals surface area contributed by atoms with Crippen LogP contribution in [-0.2, 0) is 11.8 Å². The summed E-state index contributed by atoms with van der Waals surface area (Å²) < 4.78 is 1.62. The fraction of sp³-hybridized carbons (Fsp3) is 0.400. The third-order valence-electron chi connectivity index (χ3n) is 5.96. The van der Waals surface area contributed by atoms with Gasteiger partial charge in [-0.15, -0.1) is 5.10 Å². The summed E-state index contributed by atoms with van der Waals surface area (Å²) in [5, 5.41) is 7.34. The smallest absolute Gasteiger partial charge is 0.291 e. The Morgan fingerprint density at radius 1 is 1.31 bits per heavy atom. The third kappa shape index (κ3) is 2.25. The van der Waals surface area contributed by atoms with E-state index >= 15 is 0 Å². The summed E-state index contributed by atoms with van der Waals surface area (Å²) in [5.74, 6) is 0.947. The average molecular weight is 347 g/mol. The second-order valence-corrected chi connectivity index (χ2v) is 7.61. The highest BCUT2D eigenvalue weighted by molar-refractivity contribution is 5.90. The lowest BCUT2D eigenvalue weighted by Gasteiger charge is -2.11. The summed E-state index contributed by atoms with van der Waals surface area (Å²) in [6, 6.07) is 10.6. The summed E-state index contributed by atoms with van der Waals surface area (Å²) in [6.45, 7) is 4.52. The predicted octanol–water partition coefficient (Wildman–Crippen LogP) is 2.38. The molecule has 2 heterocycles. The van der Waals surface area contributed by atoms with Crippen LogP contribution in [0.2, 0.25) is 0 Å². The first-order chi connectivity index (χ1) is 12.6. The summed E-state index contributed by atoms with van der Waals surface area (Å²) in [6.07, 6.45) is 3.50. The molecular weight excluding hydrogens is 326 g/mol. The monoisotopic (exact) mass is 347 g/mol. The van der Waals surface area contributed by atoms with Crippen molar-refractivity contribution in [2.45, 2.75) is 38.5 Å². The van der Waals surface area contributed by atoms with Gasteiger partial charge in [-0.25, -0.2) is 9.50 Å². The van der Waals surface area contributed by atoms with Crippen LogP contribution in [0.5, 0.6) is 0 Å². The topological polar surface area (TPSA) is 72.2 Å². The van der Waals surface area contributed by atoms with Crippen LogP contribution in [0.3, 0.4) is 0 Å². The molecule has 0 bridgehead atoms. The third-order valence-corrected chi connectivity index (χ3v) is 5.96. The van der Waals surface area contributed by atoms with E-state index < -0.39 is 0 Å². The number of aryl methyl sites for hydroxylation is 3. The largest absolute Gasteiger partial charge is 0.349 e. The minimum atomic E-state index is -0.221. The van der Waals surface area contributed by atoms with Crippen molar-refractivity contribution in [1.29, 1.82) is 0 Å². The lowest BCUT2D eigenvalue weighted by Crippen LogP contribution is -2.28. The molecule has 0 saturated heterocycles. The zero-order chi connectivity index (χ0) is 17.9. The predicted molar refractivity (Wildman–Crippen MR) is 97.1 cm³/mol.